The van der Waals surface area contributed by atoms with Crippen molar-refractivity contribution in [3.8, 4) is 0 Å². The van der Waals surface area contributed by atoms with Crippen molar-refractivity contribution in [2.24, 2.45) is 0 Å². The molecule has 0 aliphatic rings. The molecule has 0 amide bonds. The van der Waals surface area contributed by atoms with E-state index in [1.54, 1.807) is 0 Å². The van der Waals surface area contributed by atoms with Crippen molar-refractivity contribution in [1.29, 1.82) is 0 Å². The number of nitrogens with one attached hydrogen (secondary N) is 1. The molecule has 2 aromatic carbocycles. The molecule has 0 spiro atoms. The molecule has 0 saturated carbocycles. The zero-order chi connectivity index (χ0) is 19.8. The van der Waals surface area contributed by atoms with Crippen LogP contribution >= 0.6 is 0 Å². The molecule has 28 heavy (non-hydrogen) atoms. The first-order valence-electron chi connectivity index (χ1n) is 10.5. The summed E-state index contributed by atoms with van der Waals surface area (Å²) in [5, 5.41) is 10.2. The van der Waals surface area contributed by atoms with Gasteiger partial charge in [0.25, 0.3) is 0 Å². The van der Waals surface area contributed by atoms with Crippen LogP contribution < -0.4 is 0 Å². The number of rotatable bonds is 11. The summed E-state index contributed by atoms with van der Waals surface area (Å²) in [6, 6.07) is 19.4. The second kappa shape index (κ2) is 10.1. The molecule has 148 valence electrons. The molecule has 1 atom stereocenters. The maximum absolute atomic E-state index is 10.9. The third-order valence-corrected chi connectivity index (χ3v) is 5.53. The predicted molar refractivity (Wildman–Crippen MR) is 116 cm³/mol. The molecule has 3 aromatic rings. The van der Waals surface area contributed by atoms with Gasteiger partial charge in [0.2, 0.25) is 0 Å². The Morgan fingerprint density at radius 1 is 1.04 bits per heavy atom. The molecule has 1 heterocycles. The lowest BCUT2D eigenvalue weighted by molar-refractivity contribution is -0.136. The van der Waals surface area contributed by atoms with Gasteiger partial charge >= 0.3 is 5.97 Å². The first-order valence-corrected chi connectivity index (χ1v) is 10.5. The minimum absolute atomic E-state index is 0.159. The Morgan fingerprint density at radius 2 is 1.86 bits per heavy atom. The number of H-pyrrole nitrogens is 1. The van der Waals surface area contributed by atoms with Gasteiger partial charge in [0, 0.05) is 16.6 Å². The van der Waals surface area contributed by atoms with E-state index in [2.05, 4.69) is 66.5 Å². The van der Waals surface area contributed by atoms with Crippen molar-refractivity contribution in [2.75, 3.05) is 0 Å². The molecule has 0 saturated heterocycles. The number of carbonyl (C=O) groups is 1. The number of unbranched alkanes of at least 4 members (excludes halogenated alkanes) is 3. The van der Waals surface area contributed by atoms with Gasteiger partial charge in [-0.3, -0.25) is 4.79 Å². The zero-order valence-corrected chi connectivity index (χ0v) is 16.8. The van der Waals surface area contributed by atoms with Crippen LogP contribution in [0.15, 0.2) is 54.6 Å². The Morgan fingerprint density at radius 3 is 2.61 bits per heavy atom. The maximum atomic E-state index is 10.9. The minimum Gasteiger partial charge on any atom is -0.481 e. The lowest BCUT2D eigenvalue weighted by atomic mass is 9.86. The fraction of sp³-hybridized carbons (Fsp3) is 0.400. The number of aromatic amines is 1. The van der Waals surface area contributed by atoms with Crippen molar-refractivity contribution in [1.82, 2.24) is 4.98 Å². The van der Waals surface area contributed by atoms with E-state index < -0.39 is 5.97 Å². The van der Waals surface area contributed by atoms with Crippen LogP contribution in [0.5, 0.6) is 0 Å². The molecule has 0 radical (unpaired) electrons. The Kier molecular flexibility index (Phi) is 7.30. The predicted octanol–water partition coefficient (Wildman–Crippen LogP) is 6.48. The van der Waals surface area contributed by atoms with Crippen molar-refractivity contribution >= 4 is 16.9 Å². The van der Waals surface area contributed by atoms with E-state index in [1.165, 1.54) is 48.6 Å². The first-order chi connectivity index (χ1) is 13.7. The Labute approximate surface area is 167 Å². The average molecular weight is 378 g/mol. The van der Waals surface area contributed by atoms with Crippen LogP contribution in [0.1, 0.15) is 68.2 Å². The maximum Gasteiger partial charge on any atom is 0.303 e. The summed E-state index contributed by atoms with van der Waals surface area (Å²) in [4.78, 5) is 14.3. The molecule has 1 aromatic heterocycles. The van der Waals surface area contributed by atoms with Crippen LogP contribution in [0.25, 0.3) is 10.9 Å². The second-order valence-electron chi connectivity index (χ2n) is 7.73. The molecular weight excluding hydrogens is 346 g/mol. The molecule has 2 N–H and O–H groups in total. The largest absolute Gasteiger partial charge is 0.481 e. The van der Waals surface area contributed by atoms with E-state index in [1.807, 2.05) is 0 Å². The topological polar surface area (TPSA) is 53.1 Å². The number of aryl methyl sites for hydroxylation is 1. The number of hydrogen-bond donors (Lipinski definition) is 2. The van der Waals surface area contributed by atoms with Gasteiger partial charge < -0.3 is 10.1 Å². The normalized spacial score (nSPS) is 12.3. The highest BCUT2D eigenvalue weighted by molar-refractivity contribution is 5.84. The highest BCUT2D eigenvalue weighted by atomic mass is 16.4. The summed E-state index contributed by atoms with van der Waals surface area (Å²) in [5.74, 6) is -0.275. The number of fused-ring (bicyclic) bond motifs is 1. The van der Waals surface area contributed by atoms with Gasteiger partial charge in [-0.05, 0) is 48.4 Å². The Bertz CT molecular complexity index is 882. The van der Waals surface area contributed by atoms with Gasteiger partial charge in [-0.15, -0.1) is 0 Å². The molecule has 0 bridgehead atoms. The Hall–Kier alpha value is -2.55. The molecular formula is C25H31NO2. The first kappa shape index (κ1) is 20.2. The lowest BCUT2D eigenvalue weighted by Gasteiger charge is -2.19. The summed E-state index contributed by atoms with van der Waals surface area (Å²) in [5.41, 5.74) is 4.89. The van der Waals surface area contributed by atoms with Crippen molar-refractivity contribution < 1.29 is 9.90 Å². The van der Waals surface area contributed by atoms with Crippen molar-refractivity contribution in [3.05, 3.63) is 71.4 Å². The second-order valence-corrected chi connectivity index (χ2v) is 7.73. The summed E-state index contributed by atoms with van der Waals surface area (Å²) in [7, 11) is 0. The minimum atomic E-state index is -0.753. The number of carboxylic acid groups (broad SMARTS) is 1. The van der Waals surface area contributed by atoms with Crippen LogP contribution in [0.3, 0.4) is 0 Å². The average Bonchev–Trinajstić information content (AvgIpc) is 3.13. The molecule has 3 nitrogen and oxygen atoms in total. The smallest absolute Gasteiger partial charge is 0.303 e. The van der Waals surface area contributed by atoms with Crippen molar-refractivity contribution in [3.63, 3.8) is 0 Å². The van der Waals surface area contributed by atoms with E-state index in [0.29, 0.717) is 12.3 Å². The molecule has 3 rings (SSSR count). The molecule has 3 heteroatoms. The van der Waals surface area contributed by atoms with E-state index in [4.69, 9.17) is 5.11 Å². The van der Waals surface area contributed by atoms with Crippen molar-refractivity contribution in [2.45, 2.75) is 64.2 Å². The quantitative estimate of drug-likeness (QED) is 0.376. The molecule has 0 fully saturated rings. The monoisotopic (exact) mass is 377 g/mol. The van der Waals surface area contributed by atoms with Crippen LogP contribution in [0.4, 0.5) is 0 Å². The SMILES string of the molecule is CCCCCCC(Cc1ccccc1)c1cccc2[nH]c(CCC(=O)O)cc12. The van der Waals surface area contributed by atoms with Crippen LogP contribution in [-0.2, 0) is 17.6 Å². The highest BCUT2D eigenvalue weighted by Crippen LogP contribution is 2.33. The highest BCUT2D eigenvalue weighted by Gasteiger charge is 2.17. The molecule has 1 unspecified atom stereocenters. The summed E-state index contributed by atoms with van der Waals surface area (Å²) < 4.78 is 0. The van der Waals surface area contributed by atoms with E-state index in [-0.39, 0.29) is 6.42 Å². The zero-order valence-electron chi connectivity index (χ0n) is 16.8. The number of hydrogen-bond acceptors (Lipinski definition) is 1. The lowest BCUT2D eigenvalue weighted by Crippen LogP contribution is -2.04. The van der Waals surface area contributed by atoms with E-state index >= 15 is 0 Å². The summed E-state index contributed by atoms with van der Waals surface area (Å²) in [6.07, 6.45) is 8.02. The van der Waals surface area contributed by atoms with Gasteiger partial charge in [0.15, 0.2) is 0 Å². The van der Waals surface area contributed by atoms with Gasteiger partial charge in [-0.25, -0.2) is 0 Å². The summed E-state index contributed by atoms with van der Waals surface area (Å²) >= 11 is 0. The number of aliphatic carboxylic acids is 1. The van der Waals surface area contributed by atoms with E-state index in [0.717, 1.165) is 17.6 Å². The van der Waals surface area contributed by atoms with Crippen LogP contribution in [0.2, 0.25) is 0 Å². The molecule has 0 aliphatic carbocycles. The van der Waals surface area contributed by atoms with Gasteiger partial charge in [-0.2, -0.15) is 0 Å². The fourth-order valence-corrected chi connectivity index (χ4v) is 4.05. The standard InChI is InChI=1S/C25H31NO2/c1-2-3-4-8-12-20(17-19-10-6-5-7-11-19)22-13-9-14-24-23(22)18-21(26-24)15-16-25(27)28/h5-7,9-11,13-14,18,20,26H,2-4,8,12,15-17H2,1H3,(H,27,28). The fourth-order valence-electron chi connectivity index (χ4n) is 4.05. The number of benzene rings is 2. The van der Waals surface area contributed by atoms with Crippen LogP contribution in [-0.4, -0.2) is 16.1 Å². The number of aromatic nitrogens is 1. The number of carboxylic acids is 1. The Balaban J connectivity index is 1.86. The summed E-state index contributed by atoms with van der Waals surface area (Å²) in [6.45, 7) is 2.25. The van der Waals surface area contributed by atoms with Gasteiger partial charge in [0.05, 0.1) is 6.42 Å². The third-order valence-electron chi connectivity index (χ3n) is 5.53. The van der Waals surface area contributed by atoms with Crippen LogP contribution in [0, 0.1) is 0 Å². The van der Waals surface area contributed by atoms with E-state index in [9.17, 15) is 4.79 Å². The van der Waals surface area contributed by atoms with Gasteiger partial charge in [-0.1, -0.05) is 75.1 Å². The molecule has 0 aliphatic heterocycles. The third kappa shape index (κ3) is 5.48. The van der Waals surface area contributed by atoms with Gasteiger partial charge in [0.1, 0.15) is 0 Å².